The Morgan fingerprint density at radius 2 is 2.15 bits per heavy atom. The molecule has 2 rings (SSSR count). The summed E-state index contributed by atoms with van der Waals surface area (Å²) in [6.45, 7) is 0.975. The first-order valence-corrected chi connectivity index (χ1v) is 6.51. The molecule has 1 aromatic heterocycles. The lowest BCUT2D eigenvalue weighted by molar-refractivity contribution is 0.0467. The zero-order valence-electron chi connectivity index (χ0n) is 10.9. The van der Waals surface area contributed by atoms with E-state index in [2.05, 4.69) is 4.98 Å². The lowest BCUT2D eigenvalue weighted by Crippen LogP contribution is -2.16. The molecule has 0 saturated heterocycles. The zero-order chi connectivity index (χ0) is 14.5. The highest BCUT2D eigenvalue weighted by Gasteiger charge is 2.18. The number of rotatable bonds is 5. The molecule has 106 valence electrons. The van der Waals surface area contributed by atoms with E-state index in [-0.39, 0.29) is 12.6 Å². The average molecular weight is 297 g/mol. The van der Waals surface area contributed by atoms with Crippen LogP contribution in [0.2, 0.25) is 5.02 Å². The topological polar surface area (TPSA) is 44.1 Å². The van der Waals surface area contributed by atoms with Gasteiger partial charge in [0.1, 0.15) is 19.0 Å². The second kappa shape index (κ2) is 6.52. The minimum Gasteiger partial charge on any atom is -0.458 e. The lowest BCUT2D eigenvalue weighted by Gasteiger charge is -2.16. The second-order valence-corrected chi connectivity index (χ2v) is 4.68. The minimum absolute atomic E-state index is 0.109. The number of carbonyl (C=O) groups is 1. The first-order chi connectivity index (χ1) is 9.63. The Morgan fingerprint density at radius 1 is 1.45 bits per heavy atom. The smallest absolute Gasteiger partial charge is 0.356 e. The molecule has 6 heteroatoms. The van der Waals surface area contributed by atoms with Gasteiger partial charge in [0.25, 0.3) is 0 Å². The van der Waals surface area contributed by atoms with Gasteiger partial charge in [0, 0.05) is 5.02 Å². The number of esters is 1. The van der Waals surface area contributed by atoms with E-state index in [0.29, 0.717) is 10.7 Å². The van der Waals surface area contributed by atoms with Crippen molar-refractivity contribution in [2.24, 2.45) is 0 Å². The fraction of sp³-hybridized carbons (Fsp3) is 0.286. The van der Waals surface area contributed by atoms with Gasteiger partial charge in [-0.05, 0) is 24.6 Å². The Balaban J connectivity index is 2.22. The van der Waals surface area contributed by atoms with Gasteiger partial charge in [-0.15, -0.1) is 0 Å². The lowest BCUT2D eigenvalue weighted by atomic mass is 10.1. The van der Waals surface area contributed by atoms with Gasteiger partial charge in [0.15, 0.2) is 0 Å². The van der Waals surface area contributed by atoms with Gasteiger partial charge in [-0.3, -0.25) is 0 Å². The number of ether oxygens (including phenoxy) is 1. The molecule has 1 aromatic carbocycles. The zero-order valence-corrected chi connectivity index (χ0v) is 11.7. The number of hydrogen-bond donors (Lipinski definition) is 0. The van der Waals surface area contributed by atoms with Crippen molar-refractivity contribution in [2.45, 2.75) is 13.0 Å². The number of halogens is 2. The van der Waals surface area contributed by atoms with Crippen LogP contribution < -0.4 is 0 Å². The van der Waals surface area contributed by atoms with Gasteiger partial charge >= 0.3 is 5.97 Å². The van der Waals surface area contributed by atoms with Crippen molar-refractivity contribution >= 4 is 17.6 Å². The van der Waals surface area contributed by atoms with Crippen LogP contribution in [0, 0.1) is 0 Å². The Hall–Kier alpha value is -1.88. The summed E-state index contributed by atoms with van der Waals surface area (Å²) < 4.78 is 18.5. The van der Waals surface area contributed by atoms with Gasteiger partial charge in [-0.1, -0.05) is 23.7 Å². The van der Waals surface area contributed by atoms with E-state index in [4.69, 9.17) is 16.3 Å². The van der Waals surface area contributed by atoms with E-state index >= 15 is 0 Å². The third-order valence-corrected chi connectivity index (χ3v) is 3.21. The molecule has 4 nitrogen and oxygen atoms in total. The van der Waals surface area contributed by atoms with Crippen molar-refractivity contribution < 1.29 is 13.9 Å². The number of imidazole rings is 1. The Kier molecular flexibility index (Phi) is 4.74. The average Bonchev–Trinajstić information content (AvgIpc) is 2.94. The predicted molar refractivity (Wildman–Crippen MR) is 73.7 cm³/mol. The molecule has 0 N–H and O–H groups in total. The van der Waals surface area contributed by atoms with E-state index in [9.17, 15) is 9.18 Å². The van der Waals surface area contributed by atoms with Gasteiger partial charge in [-0.2, -0.15) is 0 Å². The van der Waals surface area contributed by atoms with Gasteiger partial charge in [0.05, 0.1) is 18.6 Å². The molecular weight excluding hydrogens is 283 g/mol. The van der Waals surface area contributed by atoms with E-state index in [1.165, 1.54) is 6.20 Å². The largest absolute Gasteiger partial charge is 0.458 e. The maximum absolute atomic E-state index is 12.0. The number of alkyl halides is 1. The summed E-state index contributed by atoms with van der Waals surface area (Å²) in [5.41, 5.74) is 1.27. The van der Waals surface area contributed by atoms with E-state index in [1.807, 2.05) is 19.1 Å². The SMILES string of the molecule is C[C@H](c1ccc(Cl)cc1)n1cncc1C(=O)OCCF. The first kappa shape index (κ1) is 14.5. The van der Waals surface area contributed by atoms with E-state index < -0.39 is 12.6 Å². The Labute approximate surface area is 121 Å². The van der Waals surface area contributed by atoms with Gasteiger partial charge in [0.2, 0.25) is 0 Å². The van der Waals surface area contributed by atoms with Crippen LogP contribution in [-0.4, -0.2) is 28.8 Å². The van der Waals surface area contributed by atoms with Crippen LogP contribution in [0.25, 0.3) is 0 Å². The number of hydrogen-bond acceptors (Lipinski definition) is 3. The maximum Gasteiger partial charge on any atom is 0.356 e. The number of benzene rings is 1. The molecule has 20 heavy (non-hydrogen) atoms. The fourth-order valence-electron chi connectivity index (χ4n) is 1.88. The van der Waals surface area contributed by atoms with Crippen molar-refractivity contribution in [3.63, 3.8) is 0 Å². The molecule has 1 atom stereocenters. The summed E-state index contributed by atoms with van der Waals surface area (Å²) in [5.74, 6) is -0.582. The first-order valence-electron chi connectivity index (χ1n) is 6.14. The number of carbonyl (C=O) groups excluding carboxylic acids is 1. The minimum atomic E-state index is -0.702. The molecule has 0 amide bonds. The van der Waals surface area contributed by atoms with Gasteiger partial charge in [-0.25, -0.2) is 14.2 Å². The summed E-state index contributed by atoms with van der Waals surface area (Å²) in [6, 6.07) is 7.21. The van der Waals surface area contributed by atoms with Gasteiger partial charge < -0.3 is 9.30 Å². The van der Waals surface area contributed by atoms with E-state index in [1.54, 1.807) is 23.0 Å². The number of nitrogens with zero attached hydrogens (tertiary/aromatic N) is 2. The molecule has 0 fully saturated rings. The van der Waals surface area contributed by atoms with Crippen LogP contribution in [0.3, 0.4) is 0 Å². The Bertz CT molecular complexity index is 583. The molecule has 1 heterocycles. The maximum atomic E-state index is 12.0. The van der Waals surface area contributed by atoms with Crippen LogP contribution in [0.1, 0.15) is 29.0 Å². The molecule has 0 bridgehead atoms. The molecule has 0 radical (unpaired) electrons. The van der Waals surface area contributed by atoms with Crippen molar-refractivity contribution in [3.05, 3.63) is 53.1 Å². The standard InChI is InChI=1S/C14H14ClFN2O2/c1-10(11-2-4-12(15)5-3-11)18-9-17-8-13(18)14(19)20-7-6-16/h2-5,8-10H,6-7H2,1H3/t10-/m1/s1. The van der Waals surface area contributed by atoms with Crippen LogP contribution in [0.15, 0.2) is 36.8 Å². The molecule has 0 spiro atoms. The molecule has 0 unspecified atom stereocenters. The summed E-state index contributed by atoms with van der Waals surface area (Å²) in [5, 5.41) is 0.647. The second-order valence-electron chi connectivity index (χ2n) is 4.24. The fourth-order valence-corrected chi connectivity index (χ4v) is 2.00. The van der Waals surface area contributed by atoms with Crippen LogP contribution in [0.5, 0.6) is 0 Å². The van der Waals surface area contributed by atoms with Crippen molar-refractivity contribution in [1.82, 2.24) is 9.55 Å². The monoisotopic (exact) mass is 296 g/mol. The van der Waals surface area contributed by atoms with Crippen LogP contribution in [0.4, 0.5) is 4.39 Å². The predicted octanol–water partition coefficient (Wildman–Crippen LogP) is 3.27. The summed E-state index contributed by atoms with van der Waals surface area (Å²) in [4.78, 5) is 15.8. The molecule has 0 aliphatic carbocycles. The summed E-state index contributed by atoms with van der Waals surface area (Å²) in [7, 11) is 0. The third-order valence-electron chi connectivity index (χ3n) is 2.96. The molecular formula is C14H14ClFN2O2. The van der Waals surface area contributed by atoms with Crippen molar-refractivity contribution in [3.8, 4) is 0 Å². The van der Waals surface area contributed by atoms with Crippen molar-refractivity contribution in [2.75, 3.05) is 13.3 Å². The highest BCUT2D eigenvalue weighted by molar-refractivity contribution is 6.30. The normalized spacial score (nSPS) is 12.2. The van der Waals surface area contributed by atoms with Crippen molar-refractivity contribution in [1.29, 1.82) is 0 Å². The van der Waals surface area contributed by atoms with Crippen LogP contribution in [-0.2, 0) is 4.74 Å². The quantitative estimate of drug-likeness (QED) is 0.795. The highest BCUT2D eigenvalue weighted by Crippen LogP contribution is 2.21. The highest BCUT2D eigenvalue weighted by atomic mass is 35.5. The molecule has 0 aliphatic heterocycles. The summed E-state index contributed by atoms with van der Waals surface area (Å²) in [6.07, 6.45) is 2.96. The molecule has 0 aliphatic rings. The van der Waals surface area contributed by atoms with Crippen LogP contribution >= 0.6 is 11.6 Å². The van der Waals surface area contributed by atoms with E-state index in [0.717, 1.165) is 5.56 Å². The molecule has 0 saturated carbocycles. The third kappa shape index (κ3) is 3.17. The summed E-state index contributed by atoms with van der Waals surface area (Å²) >= 11 is 5.85. The Morgan fingerprint density at radius 3 is 2.80 bits per heavy atom. The molecule has 2 aromatic rings. The number of aromatic nitrogens is 2.